The average Bonchev–Trinajstić information content (AvgIpc) is 2.82. The quantitative estimate of drug-likeness (QED) is 0.840. The minimum atomic E-state index is 0.291. The molecule has 0 spiro atoms. The number of anilines is 1. The van der Waals surface area contributed by atoms with E-state index >= 15 is 0 Å². The van der Waals surface area contributed by atoms with Crippen molar-refractivity contribution in [1.29, 1.82) is 5.26 Å². The molecule has 0 amide bonds. The van der Waals surface area contributed by atoms with Gasteiger partial charge in [-0.05, 0) is 18.6 Å². The number of ether oxygens (including phenoxy) is 2. The zero-order chi connectivity index (χ0) is 11.4. The first-order valence-corrected chi connectivity index (χ1v) is 5.26. The fraction of sp³-hybridized carbons (Fsp3) is 0.417. The van der Waals surface area contributed by atoms with Gasteiger partial charge in [0.05, 0.1) is 31.0 Å². The molecule has 1 aliphatic heterocycles. The Labute approximate surface area is 94.8 Å². The molecule has 1 heterocycles. The van der Waals surface area contributed by atoms with E-state index in [0.29, 0.717) is 18.2 Å². The Bertz CT molecular complexity index is 406. The first-order valence-electron chi connectivity index (χ1n) is 5.26. The van der Waals surface area contributed by atoms with Gasteiger partial charge in [-0.25, -0.2) is 0 Å². The molecule has 0 bridgehead atoms. The van der Waals surface area contributed by atoms with E-state index in [1.54, 1.807) is 19.2 Å². The molecule has 84 valence electrons. The summed E-state index contributed by atoms with van der Waals surface area (Å²) in [5.74, 6) is 0.750. The van der Waals surface area contributed by atoms with E-state index in [-0.39, 0.29) is 0 Å². The normalized spacial score (nSPS) is 19.1. The molecule has 16 heavy (non-hydrogen) atoms. The molecular weight excluding hydrogens is 204 g/mol. The van der Waals surface area contributed by atoms with Gasteiger partial charge in [-0.2, -0.15) is 5.26 Å². The van der Waals surface area contributed by atoms with Crippen molar-refractivity contribution < 1.29 is 9.47 Å². The van der Waals surface area contributed by atoms with E-state index in [4.69, 9.17) is 14.7 Å². The number of hydrogen-bond acceptors (Lipinski definition) is 4. The van der Waals surface area contributed by atoms with Crippen molar-refractivity contribution in [3.8, 4) is 11.8 Å². The lowest BCUT2D eigenvalue weighted by atomic mass is 10.1. The predicted octanol–water partition coefficient (Wildman–Crippen LogP) is 1.77. The highest BCUT2D eigenvalue weighted by molar-refractivity contribution is 5.60. The van der Waals surface area contributed by atoms with Crippen LogP contribution in [0.2, 0.25) is 0 Å². The van der Waals surface area contributed by atoms with Gasteiger partial charge in [0, 0.05) is 12.7 Å². The molecule has 4 heteroatoms. The van der Waals surface area contributed by atoms with E-state index in [9.17, 15) is 0 Å². The minimum absolute atomic E-state index is 0.291. The van der Waals surface area contributed by atoms with Crippen molar-refractivity contribution in [3.63, 3.8) is 0 Å². The number of rotatable bonds is 3. The van der Waals surface area contributed by atoms with Crippen LogP contribution < -0.4 is 10.1 Å². The summed E-state index contributed by atoms with van der Waals surface area (Å²) in [7, 11) is 1.61. The molecule has 1 fully saturated rings. The van der Waals surface area contributed by atoms with Crippen molar-refractivity contribution >= 4 is 5.69 Å². The second-order valence-electron chi connectivity index (χ2n) is 3.73. The van der Waals surface area contributed by atoms with Gasteiger partial charge < -0.3 is 14.8 Å². The van der Waals surface area contributed by atoms with Crippen molar-refractivity contribution in [2.75, 3.05) is 25.6 Å². The van der Waals surface area contributed by atoms with E-state index in [2.05, 4.69) is 11.4 Å². The number of benzene rings is 1. The first kappa shape index (κ1) is 10.8. The number of nitrogens with one attached hydrogen (secondary N) is 1. The number of nitriles is 1. The summed E-state index contributed by atoms with van der Waals surface area (Å²) in [4.78, 5) is 0. The largest absolute Gasteiger partial charge is 0.497 e. The second kappa shape index (κ2) is 4.86. The third-order valence-corrected chi connectivity index (χ3v) is 2.64. The summed E-state index contributed by atoms with van der Waals surface area (Å²) in [5, 5.41) is 12.3. The van der Waals surface area contributed by atoms with Gasteiger partial charge in [0.1, 0.15) is 11.8 Å². The van der Waals surface area contributed by atoms with Crippen molar-refractivity contribution in [2.45, 2.75) is 12.5 Å². The molecule has 2 rings (SSSR count). The molecule has 1 aliphatic rings. The molecule has 0 aromatic heterocycles. The van der Waals surface area contributed by atoms with E-state index < -0.39 is 0 Å². The van der Waals surface area contributed by atoms with E-state index in [0.717, 1.165) is 24.5 Å². The van der Waals surface area contributed by atoms with Crippen LogP contribution in [0, 0.1) is 11.3 Å². The topological polar surface area (TPSA) is 54.3 Å². The van der Waals surface area contributed by atoms with E-state index in [1.165, 1.54) is 0 Å². The first-order chi connectivity index (χ1) is 7.83. The van der Waals surface area contributed by atoms with Crippen LogP contribution in [0.4, 0.5) is 5.69 Å². The van der Waals surface area contributed by atoms with E-state index in [1.807, 2.05) is 6.07 Å². The van der Waals surface area contributed by atoms with Gasteiger partial charge in [-0.3, -0.25) is 0 Å². The highest BCUT2D eigenvalue weighted by Gasteiger charge is 2.16. The Morgan fingerprint density at radius 3 is 3.06 bits per heavy atom. The third-order valence-electron chi connectivity index (χ3n) is 2.64. The number of hydrogen-bond donors (Lipinski definition) is 1. The average molecular weight is 218 g/mol. The van der Waals surface area contributed by atoms with Gasteiger partial charge in [-0.15, -0.1) is 0 Å². The van der Waals surface area contributed by atoms with Gasteiger partial charge in [-0.1, -0.05) is 0 Å². The zero-order valence-corrected chi connectivity index (χ0v) is 9.19. The second-order valence-corrected chi connectivity index (χ2v) is 3.73. The molecule has 1 aromatic rings. The van der Waals surface area contributed by atoms with Crippen molar-refractivity contribution in [3.05, 3.63) is 23.8 Å². The summed E-state index contributed by atoms with van der Waals surface area (Å²) < 4.78 is 10.4. The van der Waals surface area contributed by atoms with Crippen LogP contribution in [-0.2, 0) is 4.74 Å². The molecule has 0 aliphatic carbocycles. The number of methoxy groups -OCH3 is 1. The maximum absolute atomic E-state index is 8.99. The summed E-state index contributed by atoms with van der Waals surface area (Å²) in [6.45, 7) is 1.48. The molecule has 0 saturated carbocycles. The summed E-state index contributed by atoms with van der Waals surface area (Å²) >= 11 is 0. The van der Waals surface area contributed by atoms with Gasteiger partial charge >= 0.3 is 0 Å². The van der Waals surface area contributed by atoms with Gasteiger partial charge in [0.15, 0.2) is 0 Å². The summed E-state index contributed by atoms with van der Waals surface area (Å²) in [5.41, 5.74) is 1.45. The number of nitrogens with zero attached hydrogens (tertiary/aromatic N) is 1. The molecule has 1 unspecified atom stereocenters. The van der Waals surface area contributed by atoms with Crippen LogP contribution in [-0.4, -0.2) is 26.4 Å². The molecule has 0 radical (unpaired) electrons. The Kier molecular flexibility index (Phi) is 3.28. The molecule has 1 atom stereocenters. The fourth-order valence-corrected chi connectivity index (χ4v) is 1.74. The van der Waals surface area contributed by atoms with Gasteiger partial charge in [0.2, 0.25) is 0 Å². The van der Waals surface area contributed by atoms with Crippen molar-refractivity contribution in [2.24, 2.45) is 0 Å². The molecular formula is C12H14N2O2. The predicted molar refractivity (Wildman–Crippen MR) is 60.6 cm³/mol. The van der Waals surface area contributed by atoms with Crippen LogP contribution in [0.25, 0.3) is 0 Å². The fourth-order valence-electron chi connectivity index (χ4n) is 1.74. The van der Waals surface area contributed by atoms with Crippen LogP contribution in [0.3, 0.4) is 0 Å². The van der Waals surface area contributed by atoms with Crippen LogP contribution >= 0.6 is 0 Å². The summed E-state index contributed by atoms with van der Waals surface area (Å²) in [6, 6.07) is 7.84. The molecule has 1 saturated heterocycles. The highest BCUT2D eigenvalue weighted by atomic mass is 16.5. The summed E-state index contributed by atoms with van der Waals surface area (Å²) in [6.07, 6.45) is 0.974. The highest BCUT2D eigenvalue weighted by Crippen LogP contribution is 2.23. The lowest BCUT2D eigenvalue weighted by Gasteiger charge is -2.14. The van der Waals surface area contributed by atoms with Crippen LogP contribution in [0.1, 0.15) is 12.0 Å². The Hall–Kier alpha value is -1.73. The zero-order valence-electron chi connectivity index (χ0n) is 9.19. The lowest BCUT2D eigenvalue weighted by molar-refractivity contribution is 0.195. The third kappa shape index (κ3) is 2.26. The smallest absolute Gasteiger partial charge is 0.121 e. The molecule has 1 N–H and O–H groups in total. The molecule has 1 aromatic carbocycles. The SMILES string of the molecule is COc1ccc(C#N)c(NC2CCOC2)c1. The van der Waals surface area contributed by atoms with Crippen LogP contribution in [0.5, 0.6) is 5.75 Å². The minimum Gasteiger partial charge on any atom is -0.497 e. The Morgan fingerprint density at radius 2 is 2.44 bits per heavy atom. The van der Waals surface area contributed by atoms with Gasteiger partial charge in [0.25, 0.3) is 0 Å². The van der Waals surface area contributed by atoms with Crippen molar-refractivity contribution in [1.82, 2.24) is 0 Å². The lowest BCUT2D eigenvalue weighted by Crippen LogP contribution is -2.19. The Morgan fingerprint density at radius 1 is 1.56 bits per heavy atom. The standard InChI is InChI=1S/C12H14N2O2/c1-15-11-3-2-9(7-13)12(6-11)14-10-4-5-16-8-10/h2-3,6,10,14H,4-5,8H2,1H3. The monoisotopic (exact) mass is 218 g/mol. The maximum Gasteiger partial charge on any atom is 0.121 e. The maximum atomic E-state index is 8.99. The Balaban J connectivity index is 2.19. The molecule has 4 nitrogen and oxygen atoms in total. The van der Waals surface area contributed by atoms with Crippen LogP contribution in [0.15, 0.2) is 18.2 Å².